The molecular formula is C18H15N7O5. The number of amides is 1. The van der Waals surface area contributed by atoms with Crippen molar-refractivity contribution in [3.63, 3.8) is 0 Å². The van der Waals surface area contributed by atoms with Gasteiger partial charge in [-0.1, -0.05) is 0 Å². The van der Waals surface area contributed by atoms with Gasteiger partial charge in [0.05, 0.1) is 23.2 Å². The van der Waals surface area contributed by atoms with Gasteiger partial charge in [0.1, 0.15) is 6.33 Å². The Morgan fingerprint density at radius 3 is 2.43 bits per heavy atom. The Labute approximate surface area is 169 Å². The number of pyridine rings is 1. The third-order valence-electron chi connectivity index (χ3n) is 3.79. The molecule has 0 atom stereocenters. The number of carbonyl (C=O) groups is 2. The molecule has 0 saturated carbocycles. The largest absolute Gasteiger partial charge is 0.465 e. The molecule has 152 valence electrons. The number of carbonyl (C=O) groups excluding carboxylic acids is 2. The van der Waals surface area contributed by atoms with Crippen LogP contribution >= 0.6 is 0 Å². The lowest BCUT2D eigenvalue weighted by Gasteiger charge is -2.11. The maximum absolute atomic E-state index is 12.1. The Balaban J connectivity index is 1.80. The van der Waals surface area contributed by atoms with E-state index < -0.39 is 22.5 Å². The van der Waals surface area contributed by atoms with E-state index in [1.54, 1.807) is 6.07 Å². The zero-order chi connectivity index (χ0) is 21.5. The van der Waals surface area contributed by atoms with Gasteiger partial charge in [-0.05, 0) is 36.4 Å². The summed E-state index contributed by atoms with van der Waals surface area (Å²) in [6.45, 7) is 0. The van der Waals surface area contributed by atoms with E-state index in [2.05, 4.69) is 35.9 Å². The third-order valence-corrected chi connectivity index (χ3v) is 3.79. The zero-order valence-electron chi connectivity index (χ0n) is 15.5. The number of esters is 1. The minimum absolute atomic E-state index is 0.112. The molecule has 2 heterocycles. The summed E-state index contributed by atoms with van der Waals surface area (Å²) in [4.78, 5) is 46.1. The van der Waals surface area contributed by atoms with Crippen LogP contribution in [-0.4, -0.2) is 38.9 Å². The van der Waals surface area contributed by atoms with Crippen molar-refractivity contribution in [2.24, 2.45) is 0 Å². The van der Waals surface area contributed by atoms with Gasteiger partial charge in [0.2, 0.25) is 11.6 Å². The first-order valence-electron chi connectivity index (χ1n) is 8.40. The van der Waals surface area contributed by atoms with Gasteiger partial charge in [-0.25, -0.2) is 14.8 Å². The molecule has 0 aliphatic carbocycles. The second-order valence-electron chi connectivity index (χ2n) is 5.69. The Hall–Kier alpha value is -4.61. The minimum Gasteiger partial charge on any atom is -0.465 e. The molecule has 0 aliphatic rings. The predicted octanol–water partition coefficient (Wildman–Crippen LogP) is 2.07. The highest BCUT2D eigenvalue weighted by molar-refractivity contribution is 5.94. The van der Waals surface area contributed by atoms with Crippen LogP contribution in [0.1, 0.15) is 20.7 Å². The molecule has 2 aromatic heterocycles. The van der Waals surface area contributed by atoms with Crippen molar-refractivity contribution in [1.82, 2.24) is 20.4 Å². The number of rotatable bonds is 7. The number of aromatic nitrogens is 3. The molecule has 1 aromatic carbocycles. The minimum atomic E-state index is -0.691. The van der Waals surface area contributed by atoms with E-state index in [0.717, 1.165) is 6.33 Å². The van der Waals surface area contributed by atoms with E-state index in [1.807, 2.05) is 0 Å². The van der Waals surface area contributed by atoms with E-state index in [4.69, 9.17) is 0 Å². The smallest absolute Gasteiger partial charge is 0.355 e. The summed E-state index contributed by atoms with van der Waals surface area (Å²) < 4.78 is 4.62. The lowest BCUT2D eigenvalue weighted by Crippen LogP contribution is -2.30. The molecule has 0 radical (unpaired) electrons. The quantitative estimate of drug-likeness (QED) is 0.299. The fourth-order valence-corrected chi connectivity index (χ4v) is 2.36. The molecule has 0 bridgehead atoms. The maximum atomic E-state index is 12.1. The second kappa shape index (κ2) is 9.05. The standard InChI is InChI=1S/C18H15N7O5/c1-30-18(27)11-4-6-13(7-5-11)22-15-14(25(28)29)16(21-10-20-15)23-24-17(26)12-3-2-8-19-9-12/h2-10H,1H3,(H,24,26)(H2,20,21,22,23). The number of benzene rings is 1. The van der Waals surface area contributed by atoms with Crippen LogP contribution < -0.4 is 16.2 Å². The number of nitro groups is 1. The van der Waals surface area contributed by atoms with Gasteiger partial charge in [-0.3, -0.25) is 30.7 Å². The maximum Gasteiger partial charge on any atom is 0.355 e. The fourth-order valence-electron chi connectivity index (χ4n) is 2.36. The summed E-state index contributed by atoms with van der Waals surface area (Å²) in [7, 11) is 1.26. The first-order valence-corrected chi connectivity index (χ1v) is 8.40. The lowest BCUT2D eigenvalue weighted by molar-refractivity contribution is -0.383. The molecule has 12 heteroatoms. The number of hydrogen-bond donors (Lipinski definition) is 3. The van der Waals surface area contributed by atoms with Gasteiger partial charge >= 0.3 is 11.7 Å². The van der Waals surface area contributed by atoms with Crippen molar-refractivity contribution >= 4 is 34.9 Å². The number of hydrogen-bond acceptors (Lipinski definition) is 10. The van der Waals surface area contributed by atoms with Crippen LogP contribution in [0.5, 0.6) is 0 Å². The van der Waals surface area contributed by atoms with Crippen molar-refractivity contribution in [3.8, 4) is 0 Å². The number of methoxy groups -OCH3 is 1. The SMILES string of the molecule is COC(=O)c1ccc(Nc2ncnc(NNC(=O)c3cccnc3)c2[N+](=O)[O-])cc1. The van der Waals surface area contributed by atoms with E-state index in [0.29, 0.717) is 11.3 Å². The van der Waals surface area contributed by atoms with Crippen LogP contribution in [0.15, 0.2) is 55.1 Å². The summed E-state index contributed by atoms with van der Waals surface area (Å²) in [5.41, 5.74) is 5.28. The van der Waals surface area contributed by atoms with E-state index in [-0.39, 0.29) is 17.2 Å². The Morgan fingerprint density at radius 2 is 1.80 bits per heavy atom. The van der Waals surface area contributed by atoms with Gasteiger partial charge < -0.3 is 10.1 Å². The van der Waals surface area contributed by atoms with Gasteiger partial charge in [0, 0.05) is 18.1 Å². The fraction of sp³-hybridized carbons (Fsp3) is 0.0556. The molecule has 0 unspecified atom stereocenters. The highest BCUT2D eigenvalue weighted by Gasteiger charge is 2.24. The van der Waals surface area contributed by atoms with E-state index in [9.17, 15) is 19.7 Å². The highest BCUT2D eigenvalue weighted by atomic mass is 16.6. The van der Waals surface area contributed by atoms with Crippen LogP contribution in [0.3, 0.4) is 0 Å². The number of ether oxygens (including phenoxy) is 1. The highest BCUT2D eigenvalue weighted by Crippen LogP contribution is 2.30. The molecular weight excluding hydrogens is 394 g/mol. The van der Waals surface area contributed by atoms with Crippen molar-refractivity contribution in [2.75, 3.05) is 17.9 Å². The second-order valence-corrected chi connectivity index (χ2v) is 5.69. The normalized spacial score (nSPS) is 10.0. The van der Waals surface area contributed by atoms with Crippen molar-refractivity contribution in [1.29, 1.82) is 0 Å². The number of nitrogens with one attached hydrogen (secondary N) is 3. The summed E-state index contributed by atoms with van der Waals surface area (Å²) in [6.07, 6.45) is 3.95. The molecule has 3 N–H and O–H groups in total. The Morgan fingerprint density at radius 1 is 1.07 bits per heavy atom. The van der Waals surface area contributed by atoms with Crippen LogP contribution in [0.25, 0.3) is 0 Å². The average molecular weight is 409 g/mol. The predicted molar refractivity (Wildman–Crippen MR) is 105 cm³/mol. The number of anilines is 3. The van der Waals surface area contributed by atoms with Crippen LogP contribution in [-0.2, 0) is 4.74 Å². The molecule has 0 aliphatic heterocycles. The molecule has 30 heavy (non-hydrogen) atoms. The average Bonchev–Trinajstić information content (AvgIpc) is 2.77. The van der Waals surface area contributed by atoms with Crippen LogP contribution in [0.4, 0.5) is 23.0 Å². The van der Waals surface area contributed by atoms with Gasteiger partial charge in [-0.15, -0.1) is 0 Å². The Bertz CT molecular complexity index is 1070. The molecule has 1 amide bonds. The monoisotopic (exact) mass is 409 g/mol. The molecule has 0 spiro atoms. The van der Waals surface area contributed by atoms with Gasteiger partial charge in [-0.2, -0.15) is 0 Å². The van der Waals surface area contributed by atoms with E-state index >= 15 is 0 Å². The molecule has 3 rings (SSSR count). The van der Waals surface area contributed by atoms with Crippen LogP contribution in [0, 0.1) is 10.1 Å². The molecule has 0 fully saturated rings. The van der Waals surface area contributed by atoms with Gasteiger partial charge in [0.15, 0.2) is 0 Å². The summed E-state index contributed by atoms with van der Waals surface area (Å²) in [6, 6.07) is 9.17. The van der Waals surface area contributed by atoms with Crippen molar-refractivity contribution in [3.05, 3.63) is 76.4 Å². The molecule has 0 saturated heterocycles. The summed E-state index contributed by atoms with van der Waals surface area (Å²) in [5.74, 6) is -1.39. The third kappa shape index (κ3) is 4.62. The Kier molecular flexibility index (Phi) is 6.08. The molecule has 12 nitrogen and oxygen atoms in total. The van der Waals surface area contributed by atoms with Crippen molar-refractivity contribution < 1.29 is 19.2 Å². The summed E-state index contributed by atoms with van der Waals surface area (Å²) >= 11 is 0. The first-order chi connectivity index (χ1) is 14.5. The topological polar surface area (TPSA) is 161 Å². The van der Waals surface area contributed by atoms with Crippen molar-refractivity contribution in [2.45, 2.75) is 0 Å². The number of nitrogens with zero attached hydrogens (tertiary/aromatic N) is 4. The van der Waals surface area contributed by atoms with E-state index in [1.165, 1.54) is 49.8 Å². The number of hydrazine groups is 1. The summed E-state index contributed by atoms with van der Waals surface area (Å²) in [5, 5.41) is 14.4. The van der Waals surface area contributed by atoms with Gasteiger partial charge in [0.25, 0.3) is 5.91 Å². The zero-order valence-corrected chi connectivity index (χ0v) is 15.5. The van der Waals surface area contributed by atoms with Crippen LogP contribution in [0.2, 0.25) is 0 Å². The molecule has 3 aromatic rings. The lowest BCUT2D eigenvalue weighted by atomic mass is 10.2. The first kappa shape index (κ1) is 20.1.